The molecule has 3 N–H and O–H groups in total. The number of nitrogens with one attached hydrogen (secondary N) is 1. The minimum absolute atomic E-state index is 0.0377. The highest BCUT2D eigenvalue weighted by Crippen LogP contribution is 2.43. The molecule has 8 nitrogen and oxygen atoms in total. The van der Waals surface area contributed by atoms with Crippen molar-refractivity contribution in [2.75, 3.05) is 29.4 Å². The quantitative estimate of drug-likeness (QED) is 0.538. The minimum atomic E-state index is -0.458. The van der Waals surface area contributed by atoms with Crippen LogP contribution in [0.3, 0.4) is 0 Å². The molecule has 2 saturated heterocycles. The molecule has 0 spiro atoms. The van der Waals surface area contributed by atoms with E-state index in [1.54, 1.807) is 18.3 Å². The number of anilines is 2. The third-order valence-electron chi connectivity index (χ3n) is 8.73. The Hall–Kier alpha value is -3.83. The van der Waals surface area contributed by atoms with Gasteiger partial charge < -0.3 is 25.3 Å². The SMILES string of the molecule is CC12CNC3CCCCC3N(c3ncc(-c4cccc(C(N)=O)c4)o3)C1CCN(c1ccc(C#N)cc1)C2. The number of fused-ring (bicyclic) bond motifs is 2. The number of piperidine rings is 1. The first-order valence-electron chi connectivity index (χ1n) is 13.6. The van der Waals surface area contributed by atoms with Crippen molar-refractivity contribution in [3.8, 4) is 17.4 Å². The van der Waals surface area contributed by atoms with E-state index in [4.69, 9.17) is 15.1 Å². The molecule has 1 aliphatic carbocycles. The molecule has 8 heteroatoms. The Morgan fingerprint density at radius 1 is 1.18 bits per heavy atom. The first kappa shape index (κ1) is 24.5. The number of benzene rings is 2. The van der Waals surface area contributed by atoms with Gasteiger partial charge in [0.1, 0.15) is 0 Å². The minimum Gasteiger partial charge on any atom is -0.423 e. The summed E-state index contributed by atoms with van der Waals surface area (Å²) in [5, 5.41) is 13.1. The summed E-state index contributed by atoms with van der Waals surface area (Å²) >= 11 is 0. The maximum atomic E-state index is 11.7. The van der Waals surface area contributed by atoms with Crippen LogP contribution in [0.25, 0.3) is 11.3 Å². The van der Waals surface area contributed by atoms with Gasteiger partial charge in [-0.25, -0.2) is 4.98 Å². The van der Waals surface area contributed by atoms with Crippen LogP contribution in [0.5, 0.6) is 0 Å². The first-order valence-corrected chi connectivity index (χ1v) is 13.6. The van der Waals surface area contributed by atoms with Crippen LogP contribution in [0.4, 0.5) is 11.7 Å². The number of nitrogens with zero attached hydrogens (tertiary/aromatic N) is 4. The van der Waals surface area contributed by atoms with E-state index < -0.39 is 5.91 Å². The number of carbonyl (C=O) groups is 1. The van der Waals surface area contributed by atoms with E-state index in [2.05, 4.69) is 40.2 Å². The van der Waals surface area contributed by atoms with E-state index in [1.807, 2.05) is 24.3 Å². The number of primary amides is 1. The van der Waals surface area contributed by atoms with Crippen LogP contribution in [0.1, 0.15) is 54.9 Å². The normalized spacial score (nSPS) is 27.1. The topological polar surface area (TPSA) is 111 Å². The molecule has 3 aromatic rings. The number of oxazole rings is 1. The van der Waals surface area contributed by atoms with Gasteiger partial charge in [0.2, 0.25) is 5.91 Å². The van der Waals surface area contributed by atoms with E-state index in [0.717, 1.165) is 50.1 Å². The Kier molecular flexibility index (Phi) is 6.32. The number of nitrogens with two attached hydrogens (primary N) is 1. The van der Waals surface area contributed by atoms with Gasteiger partial charge in [0.25, 0.3) is 6.01 Å². The lowest BCUT2D eigenvalue weighted by Gasteiger charge is -2.51. The molecule has 2 aromatic carbocycles. The number of amides is 1. The Balaban J connectivity index is 1.34. The van der Waals surface area contributed by atoms with Crippen molar-refractivity contribution in [2.24, 2.45) is 11.1 Å². The van der Waals surface area contributed by atoms with Crippen LogP contribution in [0.2, 0.25) is 0 Å². The number of nitriles is 1. The van der Waals surface area contributed by atoms with Crippen molar-refractivity contribution < 1.29 is 9.21 Å². The molecule has 3 aliphatic rings. The van der Waals surface area contributed by atoms with Crippen LogP contribution in [-0.2, 0) is 0 Å². The zero-order valence-electron chi connectivity index (χ0n) is 21.8. The lowest BCUT2D eigenvalue weighted by Crippen LogP contribution is -2.60. The average Bonchev–Trinajstić information content (AvgIpc) is 3.39. The van der Waals surface area contributed by atoms with E-state index in [0.29, 0.717) is 35.0 Å². The van der Waals surface area contributed by atoms with Crippen LogP contribution in [0, 0.1) is 16.7 Å². The molecule has 4 atom stereocenters. The first-order chi connectivity index (χ1) is 18.4. The zero-order chi connectivity index (χ0) is 26.3. The number of hydrogen-bond acceptors (Lipinski definition) is 7. The summed E-state index contributed by atoms with van der Waals surface area (Å²) in [5.41, 5.74) is 8.56. The van der Waals surface area contributed by atoms with Gasteiger partial charge in [0, 0.05) is 60.0 Å². The van der Waals surface area contributed by atoms with Crippen molar-refractivity contribution in [2.45, 2.75) is 57.2 Å². The van der Waals surface area contributed by atoms with Gasteiger partial charge >= 0.3 is 0 Å². The third-order valence-corrected chi connectivity index (χ3v) is 8.73. The monoisotopic (exact) mass is 510 g/mol. The van der Waals surface area contributed by atoms with Crippen LogP contribution < -0.4 is 20.9 Å². The summed E-state index contributed by atoms with van der Waals surface area (Å²) in [6, 6.07) is 19.0. The highest BCUT2D eigenvalue weighted by Gasteiger charge is 2.50. The van der Waals surface area contributed by atoms with Crippen LogP contribution in [-0.4, -0.2) is 48.7 Å². The molecule has 196 valence electrons. The molecule has 3 heterocycles. The van der Waals surface area contributed by atoms with Crippen molar-refractivity contribution in [3.63, 3.8) is 0 Å². The third kappa shape index (κ3) is 4.41. The lowest BCUT2D eigenvalue weighted by atomic mass is 9.76. The highest BCUT2D eigenvalue weighted by atomic mass is 16.4. The smallest absolute Gasteiger partial charge is 0.298 e. The zero-order valence-corrected chi connectivity index (χ0v) is 21.8. The Morgan fingerprint density at radius 3 is 2.79 bits per heavy atom. The van der Waals surface area contributed by atoms with Crippen LogP contribution in [0.15, 0.2) is 59.1 Å². The molecule has 0 bridgehead atoms. The predicted molar refractivity (Wildman–Crippen MR) is 147 cm³/mol. The maximum absolute atomic E-state index is 11.7. The number of rotatable bonds is 4. The molecule has 3 fully saturated rings. The molecule has 1 saturated carbocycles. The summed E-state index contributed by atoms with van der Waals surface area (Å²) in [4.78, 5) is 21.5. The van der Waals surface area contributed by atoms with Gasteiger partial charge in [-0.15, -0.1) is 0 Å². The number of hydrogen-bond donors (Lipinski definition) is 2. The molecule has 6 rings (SSSR count). The largest absolute Gasteiger partial charge is 0.423 e. The van der Waals surface area contributed by atoms with Gasteiger partial charge in [0.15, 0.2) is 5.76 Å². The fourth-order valence-corrected chi connectivity index (χ4v) is 6.76. The van der Waals surface area contributed by atoms with Crippen molar-refractivity contribution in [3.05, 3.63) is 65.9 Å². The highest BCUT2D eigenvalue weighted by molar-refractivity contribution is 5.93. The Bertz CT molecular complexity index is 1360. The second kappa shape index (κ2) is 9.80. The molecule has 1 aromatic heterocycles. The van der Waals surface area contributed by atoms with E-state index in [9.17, 15) is 10.1 Å². The van der Waals surface area contributed by atoms with Gasteiger partial charge in [-0.2, -0.15) is 5.26 Å². The number of aromatic nitrogens is 1. The molecule has 1 amide bonds. The summed E-state index contributed by atoms with van der Waals surface area (Å²) in [6.45, 7) is 5.14. The maximum Gasteiger partial charge on any atom is 0.298 e. The molecule has 0 radical (unpaired) electrons. The molecular weight excluding hydrogens is 476 g/mol. The molecule has 38 heavy (non-hydrogen) atoms. The fraction of sp³-hybridized carbons (Fsp3) is 0.433. The van der Waals surface area contributed by atoms with Crippen molar-refractivity contribution in [1.82, 2.24) is 10.3 Å². The second-order valence-corrected chi connectivity index (χ2v) is 11.2. The van der Waals surface area contributed by atoms with E-state index in [-0.39, 0.29) is 11.5 Å². The van der Waals surface area contributed by atoms with Gasteiger partial charge in [0.05, 0.1) is 17.8 Å². The van der Waals surface area contributed by atoms with E-state index >= 15 is 0 Å². The fourth-order valence-electron chi connectivity index (χ4n) is 6.76. The second-order valence-electron chi connectivity index (χ2n) is 11.2. The summed E-state index contributed by atoms with van der Waals surface area (Å²) in [7, 11) is 0. The average molecular weight is 511 g/mol. The molecule has 4 unspecified atom stereocenters. The molecule has 2 aliphatic heterocycles. The standard InChI is InChI=1S/C30H34N6O2/c1-30-18-34-24-7-2-3-8-25(24)36(27(30)13-14-35(19-30)23-11-9-20(16-31)10-12-23)29-33-17-26(38-29)21-5-4-6-22(15-21)28(32)37/h4-6,9-12,15,17,24-25,27,34H,2-3,7-8,13-14,18-19H2,1H3,(H2,32,37). The van der Waals surface area contributed by atoms with Gasteiger partial charge in [-0.1, -0.05) is 31.9 Å². The lowest BCUT2D eigenvalue weighted by molar-refractivity contribution is 0.100. The predicted octanol–water partition coefficient (Wildman–Crippen LogP) is 4.32. The van der Waals surface area contributed by atoms with Gasteiger partial charge in [-0.3, -0.25) is 4.79 Å². The Morgan fingerprint density at radius 2 is 2.00 bits per heavy atom. The van der Waals surface area contributed by atoms with E-state index in [1.165, 1.54) is 12.8 Å². The molecular formula is C30H34N6O2. The Labute approximate surface area is 223 Å². The summed E-state index contributed by atoms with van der Waals surface area (Å²) < 4.78 is 6.47. The van der Waals surface area contributed by atoms with Crippen LogP contribution >= 0.6 is 0 Å². The van der Waals surface area contributed by atoms with Gasteiger partial charge in [-0.05, 0) is 55.7 Å². The van der Waals surface area contributed by atoms with Crippen molar-refractivity contribution in [1.29, 1.82) is 5.26 Å². The summed E-state index contributed by atoms with van der Waals surface area (Å²) in [5.74, 6) is 0.185. The van der Waals surface area contributed by atoms with Crippen molar-refractivity contribution >= 4 is 17.6 Å². The number of carbonyl (C=O) groups excluding carboxylic acids is 1. The summed E-state index contributed by atoms with van der Waals surface area (Å²) in [6.07, 6.45) is 7.45.